The zero-order valence-corrected chi connectivity index (χ0v) is 10.9. The van der Waals surface area contributed by atoms with Crippen molar-refractivity contribution in [2.45, 2.75) is 19.9 Å². The highest BCUT2D eigenvalue weighted by Gasteiger charge is 2.16. The van der Waals surface area contributed by atoms with Crippen molar-refractivity contribution < 1.29 is 0 Å². The lowest BCUT2D eigenvalue weighted by Gasteiger charge is -2.14. The second-order valence-corrected chi connectivity index (χ2v) is 4.51. The third-order valence-corrected chi connectivity index (χ3v) is 3.24. The highest BCUT2D eigenvalue weighted by molar-refractivity contribution is 5.40. The van der Waals surface area contributed by atoms with E-state index in [4.69, 9.17) is 0 Å². The number of hydrogen-bond donors (Lipinski definition) is 0. The fraction of sp³-hybridized carbons (Fsp3) is 0.214. The van der Waals surface area contributed by atoms with Crippen LogP contribution in [0.2, 0.25) is 0 Å². The molecule has 0 aliphatic rings. The van der Waals surface area contributed by atoms with Crippen LogP contribution >= 0.6 is 0 Å². The van der Waals surface area contributed by atoms with E-state index in [1.807, 2.05) is 33.6 Å². The van der Waals surface area contributed by atoms with Gasteiger partial charge in [0.1, 0.15) is 12.4 Å². The Kier molecular flexibility index (Phi) is 2.87. The van der Waals surface area contributed by atoms with Gasteiger partial charge in [0, 0.05) is 12.4 Å². The highest BCUT2D eigenvalue weighted by Crippen LogP contribution is 2.20. The van der Waals surface area contributed by atoms with Gasteiger partial charge in [0.05, 0.1) is 5.69 Å². The van der Waals surface area contributed by atoms with E-state index in [1.54, 1.807) is 12.5 Å². The van der Waals surface area contributed by atoms with Crippen LogP contribution in [0.25, 0.3) is 5.69 Å². The molecule has 0 spiro atoms. The van der Waals surface area contributed by atoms with Gasteiger partial charge in [-0.25, -0.2) is 0 Å². The molecule has 5 nitrogen and oxygen atoms in total. The van der Waals surface area contributed by atoms with Crippen LogP contribution in [0.1, 0.15) is 24.4 Å². The monoisotopic (exact) mass is 253 g/mol. The molecule has 2 heterocycles. The van der Waals surface area contributed by atoms with Crippen molar-refractivity contribution in [3.05, 3.63) is 60.4 Å². The van der Waals surface area contributed by atoms with E-state index in [9.17, 15) is 0 Å². The number of para-hydroxylation sites is 1. The lowest BCUT2D eigenvalue weighted by atomic mass is 10.2. The van der Waals surface area contributed by atoms with Crippen molar-refractivity contribution in [3.63, 3.8) is 0 Å². The van der Waals surface area contributed by atoms with Crippen LogP contribution in [0.4, 0.5) is 0 Å². The van der Waals surface area contributed by atoms with Gasteiger partial charge in [-0.1, -0.05) is 18.2 Å². The first kappa shape index (κ1) is 11.6. The second kappa shape index (κ2) is 4.68. The van der Waals surface area contributed by atoms with Gasteiger partial charge in [0.2, 0.25) is 0 Å². The summed E-state index contributed by atoms with van der Waals surface area (Å²) in [4.78, 5) is 0. The van der Waals surface area contributed by atoms with Crippen LogP contribution in [0, 0.1) is 6.92 Å². The average molecular weight is 253 g/mol. The molecule has 0 aliphatic carbocycles. The first-order chi connectivity index (χ1) is 9.27. The Bertz CT molecular complexity index is 669. The molecule has 1 atom stereocenters. The van der Waals surface area contributed by atoms with E-state index < -0.39 is 0 Å². The Morgan fingerprint density at radius 3 is 2.74 bits per heavy atom. The molecule has 2 aromatic heterocycles. The molecule has 0 radical (unpaired) electrons. The van der Waals surface area contributed by atoms with Gasteiger partial charge < -0.3 is 0 Å². The summed E-state index contributed by atoms with van der Waals surface area (Å²) in [6.45, 7) is 4.14. The molecule has 1 unspecified atom stereocenters. The lowest BCUT2D eigenvalue weighted by Crippen LogP contribution is -2.13. The standard InChI is InChI=1S/C14H15N5/c1-11-6-3-4-7-13(11)18-10-15-17-14(18)12(2)19-9-5-8-16-19/h3-10,12H,1-2H3. The Labute approximate surface area is 111 Å². The number of benzene rings is 1. The molecule has 0 fully saturated rings. The van der Waals surface area contributed by atoms with Crippen molar-refractivity contribution in [2.24, 2.45) is 0 Å². The SMILES string of the molecule is Cc1ccccc1-n1cnnc1C(C)n1cccn1. The van der Waals surface area contributed by atoms with Crippen molar-refractivity contribution in [2.75, 3.05) is 0 Å². The summed E-state index contributed by atoms with van der Waals surface area (Å²) < 4.78 is 3.89. The maximum atomic E-state index is 4.26. The van der Waals surface area contributed by atoms with Gasteiger partial charge in [-0.2, -0.15) is 5.10 Å². The molecule has 3 aromatic rings. The molecule has 0 saturated heterocycles. The normalized spacial score (nSPS) is 12.5. The molecule has 0 bridgehead atoms. The number of rotatable bonds is 3. The Balaban J connectivity index is 2.06. The minimum absolute atomic E-state index is 0.0390. The zero-order chi connectivity index (χ0) is 13.2. The molecule has 0 N–H and O–H groups in total. The minimum Gasteiger partial charge on any atom is -0.284 e. The summed E-state index contributed by atoms with van der Waals surface area (Å²) in [5.41, 5.74) is 2.29. The van der Waals surface area contributed by atoms with E-state index in [0.717, 1.165) is 11.5 Å². The Morgan fingerprint density at radius 2 is 2.00 bits per heavy atom. The van der Waals surface area contributed by atoms with E-state index in [-0.39, 0.29) is 6.04 Å². The molecule has 3 rings (SSSR count). The molecule has 0 amide bonds. The fourth-order valence-electron chi connectivity index (χ4n) is 2.18. The first-order valence-corrected chi connectivity index (χ1v) is 6.22. The molecule has 19 heavy (non-hydrogen) atoms. The van der Waals surface area contributed by atoms with E-state index in [0.29, 0.717) is 0 Å². The number of aryl methyl sites for hydroxylation is 1. The lowest BCUT2D eigenvalue weighted by molar-refractivity contribution is 0.528. The predicted octanol–water partition coefficient (Wildman–Crippen LogP) is 2.38. The largest absolute Gasteiger partial charge is 0.284 e. The first-order valence-electron chi connectivity index (χ1n) is 6.22. The molecule has 0 aliphatic heterocycles. The Hall–Kier alpha value is -2.43. The van der Waals surface area contributed by atoms with E-state index >= 15 is 0 Å². The van der Waals surface area contributed by atoms with Crippen molar-refractivity contribution >= 4 is 0 Å². The van der Waals surface area contributed by atoms with Gasteiger partial charge >= 0.3 is 0 Å². The maximum absolute atomic E-state index is 4.26. The summed E-state index contributed by atoms with van der Waals surface area (Å²) in [7, 11) is 0. The molecule has 1 aromatic carbocycles. The van der Waals surface area contributed by atoms with E-state index in [2.05, 4.69) is 41.3 Å². The van der Waals surface area contributed by atoms with Crippen LogP contribution in [0.5, 0.6) is 0 Å². The van der Waals surface area contributed by atoms with Crippen molar-refractivity contribution in [1.29, 1.82) is 0 Å². The summed E-state index contributed by atoms with van der Waals surface area (Å²) >= 11 is 0. The molecule has 5 heteroatoms. The molecule has 0 saturated carbocycles. The van der Waals surface area contributed by atoms with Gasteiger partial charge in [0.25, 0.3) is 0 Å². The zero-order valence-electron chi connectivity index (χ0n) is 10.9. The quantitative estimate of drug-likeness (QED) is 0.720. The number of hydrogen-bond acceptors (Lipinski definition) is 3. The Morgan fingerprint density at radius 1 is 1.16 bits per heavy atom. The number of nitrogens with zero attached hydrogens (tertiary/aromatic N) is 5. The average Bonchev–Trinajstić information content (AvgIpc) is 3.10. The maximum Gasteiger partial charge on any atom is 0.162 e. The summed E-state index contributed by atoms with van der Waals surface area (Å²) in [6, 6.07) is 10.1. The van der Waals surface area contributed by atoms with Gasteiger partial charge in [-0.05, 0) is 31.5 Å². The third-order valence-electron chi connectivity index (χ3n) is 3.24. The summed E-state index contributed by atoms with van der Waals surface area (Å²) in [6.07, 6.45) is 5.45. The minimum atomic E-state index is 0.0390. The summed E-state index contributed by atoms with van der Waals surface area (Å²) in [5, 5.41) is 12.5. The van der Waals surface area contributed by atoms with Gasteiger partial charge in [0.15, 0.2) is 5.82 Å². The van der Waals surface area contributed by atoms with Gasteiger partial charge in [-0.15, -0.1) is 10.2 Å². The van der Waals surface area contributed by atoms with Crippen LogP contribution in [-0.4, -0.2) is 24.5 Å². The summed E-state index contributed by atoms with van der Waals surface area (Å²) in [5.74, 6) is 0.873. The molecular weight excluding hydrogens is 238 g/mol. The second-order valence-electron chi connectivity index (χ2n) is 4.51. The van der Waals surface area contributed by atoms with Crippen molar-refractivity contribution in [1.82, 2.24) is 24.5 Å². The van der Waals surface area contributed by atoms with Crippen LogP contribution in [0.3, 0.4) is 0 Å². The number of aromatic nitrogens is 5. The predicted molar refractivity (Wildman–Crippen MR) is 72.1 cm³/mol. The van der Waals surface area contributed by atoms with Crippen LogP contribution in [-0.2, 0) is 0 Å². The highest BCUT2D eigenvalue weighted by atomic mass is 15.3. The molecule has 96 valence electrons. The van der Waals surface area contributed by atoms with E-state index in [1.165, 1.54) is 5.56 Å². The topological polar surface area (TPSA) is 48.5 Å². The third kappa shape index (κ3) is 2.03. The van der Waals surface area contributed by atoms with Crippen LogP contribution < -0.4 is 0 Å². The van der Waals surface area contributed by atoms with Crippen molar-refractivity contribution in [3.8, 4) is 5.69 Å². The smallest absolute Gasteiger partial charge is 0.162 e. The van der Waals surface area contributed by atoms with Crippen LogP contribution in [0.15, 0.2) is 49.1 Å². The van der Waals surface area contributed by atoms with Gasteiger partial charge in [-0.3, -0.25) is 9.25 Å². The fourth-order valence-corrected chi connectivity index (χ4v) is 2.18. The molecular formula is C14H15N5.